The van der Waals surface area contributed by atoms with E-state index < -0.39 is 12.2 Å². The number of aryl methyl sites for hydroxylation is 1. The van der Waals surface area contributed by atoms with Crippen LogP contribution >= 0.6 is 0 Å². The van der Waals surface area contributed by atoms with Crippen molar-refractivity contribution in [2.75, 3.05) is 19.6 Å². The summed E-state index contributed by atoms with van der Waals surface area (Å²) in [7, 11) is 0. The molecular formula is C12H20N4O3. The first kappa shape index (κ1) is 14.0. The Morgan fingerprint density at radius 1 is 1.47 bits per heavy atom. The fraction of sp³-hybridized carbons (Fsp3) is 0.667. The number of nitrogens with two attached hydrogens (primary N) is 1. The van der Waals surface area contributed by atoms with Gasteiger partial charge < -0.3 is 20.8 Å². The molecule has 1 aliphatic heterocycles. The Labute approximate surface area is 111 Å². The van der Waals surface area contributed by atoms with Crippen LogP contribution in [-0.4, -0.2) is 62.6 Å². The molecular weight excluding hydrogens is 248 g/mol. The molecule has 0 bridgehead atoms. The van der Waals surface area contributed by atoms with Gasteiger partial charge in [0.15, 0.2) is 0 Å². The summed E-state index contributed by atoms with van der Waals surface area (Å²) in [6.45, 7) is 3.41. The molecule has 1 amide bonds. The van der Waals surface area contributed by atoms with Gasteiger partial charge in [0.05, 0.1) is 24.0 Å². The van der Waals surface area contributed by atoms with E-state index in [1.54, 1.807) is 4.68 Å². The van der Waals surface area contributed by atoms with Crippen molar-refractivity contribution in [3.63, 3.8) is 0 Å². The number of aliphatic hydroxyl groups excluding tert-OH is 2. The van der Waals surface area contributed by atoms with Gasteiger partial charge in [-0.2, -0.15) is 5.10 Å². The zero-order chi connectivity index (χ0) is 14.0. The maximum atomic E-state index is 12.3. The monoisotopic (exact) mass is 268 g/mol. The Kier molecular flexibility index (Phi) is 4.18. The lowest BCUT2D eigenvalue weighted by Gasteiger charge is -2.15. The Bertz CT molecular complexity index is 450. The number of likely N-dealkylation sites (tertiary alicyclic amines) is 1. The highest BCUT2D eigenvalue weighted by molar-refractivity contribution is 5.95. The van der Waals surface area contributed by atoms with E-state index in [1.165, 1.54) is 11.1 Å². The van der Waals surface area contributed by atoms with Gasteiger partial charge in [0.25, 0.3) is 5.91 Å². The van der Waals surface area contributed by atoms with Crippen LogP contribution < -0.4 is 5.73 Å². The highest BCUT2D eigenvalue weighted by atomic mass is 16.3. The lowest BCUT2D eigenvalue weighted by atomic mass is 10.2. The first-order valence-electron chi connectivity index (χ1n) is 6.42. The third kappa shape index (κ3) is 2.78. The summed E-state index contributed by atoms with van der Waals surface area (Å²) in [6, 6.07) is 0. The van der Waals surface area contributed by atoms with Crippen molar-refractivity contribution in [1.82, 2.24) is 14.7 Å². The predicted octanol–water partition coefficient (Wildman–Crippen LogP) is -1.28. The maximum absolute atomic E-state index is 12.3. The van der Waals surface area contributed by atoms with E-state index in [2.05, 4.69) is 5.10 Å². The second kappa shape index (κ2) is 5.68. The van der Waals surface area contributed by atoms with Crippen LogP contribution in [0.5, 0.6) is 0 Å². The SMILES string of the molecule is Cc1c(C(=O)N2C[C@@H](O)[C@@H](O)C2)cnn1CCCN. The summed E-state index contributed by atoms with van der Waals surface area (Å²) < 4.78 is 1.75. The van der Waals surface area contributed by atoms with Crippen LogP contribution in [0.2, 0.25) is 0 Å². The van der Waals surface area contributed by atoms with Crippen LogP contribution in [0.1, 0.15) is 22.5 Å². The molecule has 0 spiro atoms. The molecule has 106 valence electrons. The fourth-order valence-corrected chi connectivity index (χ4v) is 2.23. The minimum Gasteiger partial charge on any atom is -0.388 e. The van der Waals surface area contributed by atoms with E-state index >= 15 is 0 Å². The molecule has 1 aromatic rings. The van der Waals surface area contributed by atoms with Gasteiger partial charge in [-0.15, -0.1) is 0 Å². The summed E-state index contributed by atoms with van der Waals surface area (Å²) in [5.41, 5.74) is 6.75. The molecule has 19 heavy (non-hydrogen) atoms. The molecule has 1 aliphatic rings. The molecule has 0 aromatic carbocycles. The number of rotatable bonds is 4. The Morgan fingerprint density at radius 2 is 2.11 bits per heavy atom. The average Bonchev–Trinajstić information content (AvgIpc) is 2.91. The highest BCUT2D eigenvalue weighted by Gasteiger charge is 2.34. The van der Waals surface area contributed by atoms with Gasteiger partial charge in [-0.25, -0.2) is 0 Å². The van der Waals surface area contributed by atoms with E-state index in [9.17, 15) is 15.0 Å². The van der Waals surface area contributed by atoms with Gasteiger partial charge in [0.1, 0.15) is 0 Å². The fourth-order valence-electron chi connectivity index (χ4n) is 2.23. The minimum atomic E-state index is -0.864. The molecule has 2 heterocycles. The van der Waals surface area contributed by atoms with Crippen LogP contribution in [0.25, 0.3) is 0 Å². The Balaban J connectivity index is 2.10. The van der Waals surface area contributed by atoms with Crippen LogP contribution in [0.4, 0.5) is 0 Å². The Morgan fingerprint density at radius 3 is 2.68 bits per heavy atom. The molecule has 2 rings (SSSR count). The smallest absolute Gasteiger partial charge is 0.257 e. The summed E-state index contributed by atoms with van der Waals surface area (Å²) in [4.78, 5) is 13.7. The molecule has 4 N–H and O–H groups in total. The molecule has 0 unspecified atom stereocenters. The molecule has 7 heteroatoms. The van der Waals surface area contributed by atoms with Gasteiger partial charge >= 0.3 is 0 Å². The second-order valence-corrected chi connectivity index (χ2v) is 4.85. The number of aliphatic hydroxyl groups is 2. The molecule has 0 saturated carbocycles. The molecule has 0 radical (unpaired) electrons. The largest absolute Gasteiger partial charge is 0.388 e. The maximum Gasteiger partial charge on any atom is 0.257 e. The van der Waals surface area contributed by atoms with Crippen LogP contribution in [0.15, 0.2) is 6.20 Å². The summed E-state index contributed by atoms with van der Waals surface area (Å²) in [5, 5.41) is 23.1. The van der Waals surface area contributed by atoms with Gasteiger partial charge in [0.2, 0.25) is 0 Å². The molecule has 1 saturated heterocycles. The Hall–Kier alpha value is -1.44. The van der Waals surface area contributed by atoms with Crippen molar-refractivity contribution in [2.24, 2.45) is 5.73 Å². The standard InChI is InChI=1S/C12H20N4O3/c1-8-9(5-14-16(8)4-2-3-13)12(19)15-6-10(17)11(18)7-15/h5,10-11,17-18H,2-4,6-7,13H2,1H3/t10-,11+. The van der Waals surface area contributed by atoms with E-state index in [0.29, 0.717) is 18.7 Å². The van der Waals surface area contributed by atoms with Crippen molar-refractivity contribution in [1.29, 1.82) is 0 Å². The summed E-state index contributed by atoms with van der Waals surface area (Å²) in [5.74, 6) is -0.202. The normalized spacial score (nSPS) is 23.1. The highest BCUT2D eigenvalue weighted by Crippen LogP contribution is 2.16. The number of nitrogens with zero attached hydrogens (tertiary/aromatic N) is 3. The van der Waals surface area contributed by atoms with Crippen molar-refractivity contribution in [3.8, 4) is 0 Å². The number of hydrogen-bond acceptors (Lipinski definition) is 5. The summed E-state index contributed by atoms with van der Waals surface area (Å²) >= 11 is 0. The van der Waals surface area contributed by atoms with Crippen LogP contribution in [-0.2, 0) is 6.54 Å². The third-order valence-electron chi connectivity index (χ3n) is 3.45. The quantitative estimate of drug-likeness (QED) is 0.631. The van der Waals surface area contributed by atoms with Crippen molar-refractivity contribution in [3.05, 3.63) is 17.5 Å². The molecule has 2 atom stereocenters. The molecule has 0 aliphatic carbocycles. The molecule has 7 nitrogen and oxygen atoms in total. The van der Waals surface area contributed by atoms with Crippen molar-refractivity contribution < 1.29 is 15.0 Å². The number of hydrogen-bond donors (Lipinski definition) is 3. The zero-order valence-corrected chi connectivity index (χ0v) is 11.0. The van der Waals surface area contributed by atoms with Crippen molar-refractivity contribution >= 4 is 5.91 Å². The number of β-amino-alcohol motifs (C(OH)–C–C–N with tert-alkyl or cyclic N) is 2. The van der Waals surface area contributed by atoms with E-state index in [1.807, 2.05) is 6.92 Å². The van der Waals surface area contributed by atoms with Crippen LogP contribution in [0, 0.1) is 6.92 Å². The number of amides is 1. The van der Waals surface area contributed by atoms with Gasteiger partial charge in [-0.1, -0.05) is 0 Å². The van der Waals surface area contributed by atoms with Crippen molar-refractivity contribution in [2.45, 2.75) is 32.1 Å². The second-order valence-electron chi connectivity index (χ2n) is 4.85. The lowest BCUT2D eigenvalue weighted by molar-refractivity contribution is 0.0572. The third-order valence-corrected chi connectivity index (χ3v) is 3.45. The average molecular weight is 268 g/mol. The number of aromatic nitrogens is 2. The first-order valence-corrected chi connectivity index (χ1v) is 6.42. The van der Waals surface area contributed by atoms with Gasteiger partial charge in [0, 0.05) is 25.3 Å². The zero-order valence-electron chi connectivity index (χ0n) is 11.0. The van der Waals surface area contributed by atoms with Crippen LogP contribution in [0.3, 0.4) is 0 Å². The topological polar surface area (TPSA) is 105 Å². The van der Waals surface area contributed by atoms with E-state index in [0.717, 1.165) is 12.1 Å². The lowest BCUT2D eigenvalue weighted by Crippen LogP contribution is -2.30. The van der Waals surface area contributed by atoms with E-state index in [4.69, 9.17) is 5.73 Å². The predicted molar refractivity (Wildman–Crippen MR) is 68.6 cm³/mol. The van der Waals surface area contributed by atoms with Gasteiger partial charge in [-0.05, 0) is 19.9 Å². The molecule has 1 fully saturated rings. The summed E-state index contributed by atoms with van der Waals surface area (Å²) in [6.07, 6.45) is 0.607. The molecule has 1 aromatic heterocycles. The van der Waals surface area contributed by atoms with Gasteiger partial charge in [-0.3, -0.25) is 9.48 Å². The number of carbonyl (C=O) groups excluding carboxylic acids is 1. The number of carbonyl (C=O) groups is 1. The first-order chi connectivity index (χ1) is 9.04. The van der Waals surface area contributed by atoms with E-state index in [-0.39, 0.29) is 19.0 Å². The minimum absolute atomic E-state index is 0.160.